The molecule has 1 aliphatic rings. The Morgan fingerprint density at radius 3 is 2.69 bits per heavy atom. The largest absolute Gasteiger partial charge is 0.312 e. The van der Waals surface area contributed by atoms with E-state index in [1.165, 1.54) is 5.56 Å². The molecule has 1 aromatic rings. The predicted octanol–water partition coefficient (Wildman–Crippen LogP) is 3.01. The zero-order valence-electron chi connectivity index (χ0n) is 10.1. The summed E-state index contributed by atoms with van der Waals surface area (Å²) in [6.45, 7) is 5.04. The van der Waals surface area contributed by atoms with Crippen molar-refractivity contribution in [2.45, 2.75) is 33.1 Å². The van der Waals surface area contributed by atoms with E-state index in [2.05, 4.69) is 26.0 Å². The lowest BCUT2D eigenvalue weighted by molar-refractivity contribution is -0.122. The lowest BCUT2D eigenvalue weighted by Crippen LogP contribution is -2.34. The molecule has 0 aliphatic carbocycles. The number of hydrogen-bond acceptors (Lipinski definition) is 1. The van der Waals surface area contributed by atoms with Crippen LogP contribution < -0.4 is 4.90 Å². The minimum Gasteiger partial charge on any atom is -0.312 e. The van der Waals surface area contributed by atoms with Crippen LogP contribution in [0.25, 0.3) is 0 Å². The number of para-hydroxylation sites is 1. The number of carbonyl (C=O) groups excluding carboxylic acids is 1. The summed E-state index contributed by atoms with van der Waals surface area (Å²) in [5, 5.41) is 0. The van der Waals surface area contributed by atoms with E-state index in [0.717, 1.165) is 31.5 Å². The normalized spacial score (nSPS) is 14.3. The number of nitrogens with zero attached hydrogens (tertiary/aromatic N) is 1. The van der Waals surface area contributed by atoms with Crippen LogP contribution in [-0.4, -0.2) is 12.5 Å². The number of amides is 1. The van der Waals surface area contributed by atoms with Crippen molar-refractivity contribution in [2.75, 3.05) is 11.4 Å². The molecule has 1 heterocycles. The average Bonchev–Trinajstić information content (AvgIpc) is 2.74. The van der Waals surface area contributed by atoms with Gasteiger partial charge in [0.25, 0.3) is 0 Å². The van der Waals surface area contributed by atoms with Crippen molar-refractivity contribution in [3.8, 4) is 0 Å². The van der Waals surface area contributed by atoms with Gasteiger partial charge in [-0.3, -0.25) is 4.79 Å². The summed E-state index contributed by atoms with van der Waals surface area (Å²) < 4.78 is 0. The SMILES string of the molecule is CCC(CC)C(=O)N1CCc2ccccc21. The van der Waals surface area contributed by atoms with E-state index in [0.29, 0.717) is 5.91 Å². The van der Waals surface area contributed by atoms with E-state index < -0.39 is 0 Å². The molecule has 0 radical (unpaired) electrons. The predicted molar refractivity (Wildman–Crippen MR) is 66.6 cm³/mol. The molecule has 0 unspecified atom stereocenters. The van der Waals surface area contributed by atoms with Gasteiger partial charge in [-0.1, -0.05) is 32.0 Å². The first-order chi connectivity index (χ1) is 7.77. The quantitative estimate of drug-likeness (QED) is 0.762. The zero-order chi connectivity index (χ0) is 11.5. The van der Waals surface area contributed by atoms with Crippen LogP contribution in [0, 0.1) is 5.92 Å². The monoisotopic (exact) mass is 217 g/mol. The van der Waals surface area contributed by atoms with Crippen LogP contribution >= 0.6 is 0 Å². The van der Waals surface area contributed by atoms with E-state index in [1.807, 2.05) is 17.0 Å². The highest BCUT2D eigenvalue weighted by molar-refractivity contribution is 5.96. The Bertz CT molecular complexity index is 382. The van der Waals surface area contributed by atoms with Crippen LogP contribution in [0.15, 0.2) is 24.3 Å². The molecular formula is C14H19NO. The van der Waals surface area contributed by atoms with Gasteiger partial charge in [0, 0.05) is 18.2 Å². The standard InChI is InChI=1S/C14H19NO/c1-3-11(4-2)14(16)15-10-9-12-7-5-6-8-13(12)15/h5-8,11H,3-4,9-10H2,1-2H3. The third kappa shape index (κ3) is 1.84. The van der Waals surface area contributed by atoms with Crippen LogP contribution in [-0.2, 0) is 11.2 Å². The summed E-state index contributed by atoms with van der Waals surface area (Å²) in [6, 6.07) is 8.24. The van der Waals surface area contributed by atoms with Crippen LogP contribution in [0.4, 0.5) is 5.69 Å². The molecule has 1 amide bonds. The molecule has 0 saturated carbocycles. The molecule has 2 heteroatoms. The highest BCUT2D eigenvalue weighted by Crippen LogP contribution is 2.29. The zero-order valence-corrected chi connectivity index (χ0v) is 10.1. The Balaban J connectivity index is 2.22. The number of hydrogen-bond donors (Lipinski definition) is 0. The van der Waals surface area contributed by atoms with E-state index in [4.69, 9.17) is 0 Å². The van der Waals surface area contributed by atoms with Crippen molar-refractivity contribution in [2.24, 2.45) is 5.92 Å². The van der Waals surface area contributed by atoms with Crippen LogP contribution in [0.1, 0.15) is 32.3 Å². The molecule has 0 aromatic heterocycles. The molecular weight excluding hydrogens is 198 g/mol. The summed E-state index contributed by atoms with van der Waals surface area (Å²) in [5.41, 5.74) is 2.43. The molecule has 0 N–H and O–H groups in total. The van der Waals surface area contributed by atoms with E-state index >= 15 is 0 Å². The van der Waals surface area contributed by atoms with Crippen molar-refractivity contribution < 1.29 is 4.79 Å². The second-order valence-electron chi connectivity index (χ2n) is 4.38. The maximum absolute atomic E-state index is 12.3. The second-order valence-corrected chi connectivity index (χ2v) is 4.38. The summed E-state index contributed by atoms with van der Waals surface area (Å²) >= 11 is 0. The van der Waals surface area contributed by atoms with Crippen molar-refractivity contribution in [1.29, 1.82) is 0 Å². The highest BCUT2D eigenvalue weighted by Gasteiger charge is 2.27. The summed E-state index contributed by atoms with van der Waals surface area (Å²) in [5.74, 6) is 0.487. The van der Waals surface area contributed by atoms with Gasteiger partial charge in [0.1, 0.15) is 0 Å². The molecule has 86 valence electrons. The Kier molecular flexibility index (Phi) is 3.28. The molecule has 2 nitrogen and oxygen atoms in total. The smallest absolute Gasteiger partial charge is 0.230 e. The molecule has 16 heavy (non-hydrogen) atoms. The van der Waals surface area contributed by atoms with Gasteiger partial charge in [0.05, 0.1) is 0 Å². The minimum absolute atomic E-state index is 0.186. The number of rotatable bonds is 3. The van der Waals surface area contributed by atoms with E-state index in [1.54, 1.807) is 0 Å². The fourth-order valence-electron chi connectivity index (χ4n) is 2.43. The third-order valence-corrected chi connectivity index (χ3v) is 3.49. The molecule has 1 aromatic carbocycles. The Morgan fingerprint density at radius 1 is 1.31 bits per heavy atom. The fraction of sp³-hybridized carbons (Fsp3) is 0.500. The molecule has 0 bridgehead atoms. The fourth-order valence-corrected chi connectivity index (χ4v) is 2.43. The molecule has 0 atom stereocenters. The van der Waals surface area contributed by atoms with Crippen LogP contribution in [0.3, 0.4) is 0 Å². The minimum atomic E-state index is 0.186. The number of carbonyl (C=O) groups is 1. The lowest BCUT2D eigenvalue weighted by Gasteiger charge is -2.22. The highest BCUT2D eigenvalue weighted by atomic mass is 16.2. The van der Waals surface area contributed by atoms with Crippen molar-refractivity contribution in [3.05, 3.63) is 29.8 Å². The lowest BCUT2D eigenvalue weighted by atomic mass is 10.0. The van der Waals surface area contributed by atoms with Gasteiger partial charge < -0.3 is 4.90 Å². The number of benzene rings is 1. The summed E-state index contributed by atoms with van der Waals surface area (Å²) in [4.78, 5) is 14.3. The van der Waals surface area contributed by atoms with Gasteiger partial charge in [-0.15, -0.1) is 0 Å². The third-order valence-electron chi connectivity index (χ3n) is 3.49. The van der Waals surface area contributed by atoms with Crippen molar-refractivity contribution in [1.82, 2.24) is 0 Å². The number of fused-ring (bicyclic) bond motifs is 1. The van der Waals surface area contributed by atoms with E-state index in [9.17, 15) is 4.79 Å². The van der Waals surface area contributed by atoms with Gasteiger partial charge in [0.2, 0.25) is 5.91 Å². The average molecular weight is 217 g/mol. The van der Waals surface area contributed by atoms with Crippen LogP contribution in [0.5, 0.6) is 0 Å². The number of anilines is 1. The summed E-state index contributed by atoms with van der Waals surface area (Å²) in [6.07, 6.45) is 2.88. The van der Waals surface area contributed by atoms with Gasteiger partial charge >= 0.3 is 0 Å². The Morgan fingerprint density at radius 2 is 2.00 bits per heavy atom. The van der Waals surface area contributed by atoms with Crippen LogP contribution in [0.2, 0.25) is 0 Å². The molecule has 2 rings (SSSR count). The van der Waals surface area contributed by atoms with Crippen molar-refractivity contribution in [3.63, 3.8) is 0 Å². The van der Waals surface area contributed by atoms with E-state index in [-0.39, 0.29) is 5.92 Å². The molecule has 0 spiro atoms. The first kappa shape index (κ1) is 11.2. The molecule has 1 aliphatic heterocycles. The van der Waals surface area contributed by atoms with Gasteiger partial charge in [-0.25, -0.2) is 0 Å². The Labute approximate surface area is 97.3 Å². The van der Waals surface area contributed by atoms with Gasteiger partial charge in [-0.05, 0) is 30.9 Å². The maximum atomic E-state index is 12.3. The van der Waals surface area contributed by atoms with Gasteiger partial charge in [-0.2, -0.15) is 0 Å². The first-order valence-electron chi connectivity index (χ1n) is 6.17. The van der Waals surface area contributed by atoms with Crippen molar-refractivity contribution >= 4 is 11.6 Å². The van der Waals surface area contributed by atoms with Gasteiger partial charge in [0.15, 0.2) is 0 Å². The molecule has 0 fully saturated rings. The molecule has 0 saturated heterocycles. The summed E-state index contributed by atoms with van der Waals surface area (Å²) in [7, 11) is 0. The second kappa shape index (κ2) is 4.69. The Hall–Kier alpha value is -1.31. The maximum Gasteiger partial charge on any atom is 0.230 e. The first-order valence-corrected chi connectivity index (χ1v) is 6.17. The topological polar surface area (TPSA) is 20.3 Å².